The third-order valence-corrected chi connectivity index (χ3v) is 2.61. The lowest BCUT2D eigenvalue weighted by Gasteiger charge is -2.08. The number of aliphatic hydroxyl groups excluding tert-OH is 1. The fraction of sp³-hybridized carbons (Fsp3) is 0.267. The van der Waals surface area contributed by atoms with Crippen LogP contribution in [0, 0.1) is 0 Å². The van der Waals surface area contributed by atoms with E-state index in [-0.39, 0.29) is 0 Å². The summed E-state index contributed by atoms with van der Waals surface area (Å²) in [5.41, 5.74) is 0.533. The number of carbonyl (C=O) groups is 3. The number of benzene rings is 1. The summed E-state index contributed by atoms with van der Waals surface area (Å²) in [5, 5.41) is 17.6. The molecule has 0 aliphatic heterocycles. The highest BCUT2D eigenvalue weighted by molar-refractivity contribution is 5.96. The molecule has 130 valence electrons. The zero-order chi connectivity index (χ0) is 18.1. The molecular weight excluding hydrogens is 324 g/mol. The van der Waals surface area contributed by atoms with Gasteiger partial charge in [-0.15, -0.1) is 0 Å². The van der Waals surface area contributed by atoms with E-state index in [0.717, 1.165) is 6.08 Å². The average molecular weight is 340 g/mol. The predicted octanol–water partition coefficient (Wildman–Crippen LogP) is 0.554. The summed E-state index contributed by atoms with van der Waals surface area (Å²) in [6.07, 6.45) is -0.492. The van der Waals surface area contributed by atoms with Crippen molar-refractivity contribution in [3.63, 3.8) is 0 Å². The monoisotopic (exact) mass is 340 g/mol. The minimum Gasteiger partial charge on any atom is -0.493 e. The lowest BCUT2D eigenvalue weighted by molar-refractivity contribution is -0.179. The molecule has 1 aromatic rings. The molecule has 0 aliphatic carbocycles. The minimum atomic E-state index is -1.91. The summed E-state index contributed by atoms with van der Waals surface area (Å²) in [4.78, 5) is 42.5. The van der Waals surface area contributed by atoms with Gasteiger partial charge < -0.3 is 24.6 Å². The molecule has 0 aliphatic rings. The summed E-state index contributed by atoms with van der Waals surface area (Å²) < 4.78 is 9.38. The Labute approximate surface area is 136 Å². The van der Waals surface area contributed by atoms with Crippen molar-refractivity contribution >= 4 is 24.0 Å². The third-order valence-electron chi connectivity index (χ3n) is 2.61. The molecule has 0 radical (unpaired) electrons. The van der Waals surface area contributed by atoms with Crippen molar-refractivity contribution < 1.29 is 43.8 Å². The Morgan fingerprint density at radius 3 is 2.50 bits per heavy atom. The van der Waals surface area contributed by atoms with E-state index in [4.69, 9.17) is 14.7 Å². The van der Waals surface area contributed by atoms with Crippen LogP contribution >= 0.6 is 0 Å². The Kier molecular flexibility index (Phi) is 7.40. The second-order valence-corrected chi connectivity index (χ2v) is 4.35. The van der Waals surface area contributed by atoms with Crippen molar-refractivity contribution in [3.8, 4) is 11.5 Å². The molecular formula is C15H16O9. The Bertz CT molecular complexity index is 636. The lowest BCUT2D eigenvalue weighted by Crippen LogP contribution is -2.27. The van der Waals surface area contributed by atoms with E-state index in [9.17, 15) is 19.5 Å². The van der Waals surface area contributed by atoms with Gasteiger partial charge >= 0.3 is 17.9 Å². The number of hydrogen-bond acceptors (Lipinski definition) is 8. The number of esters is 2. The van der Waals surface area contributed by atoms with Crippen LogP contribution in [0.1, 0.15) is 12.0 Å². The van der Waals surface area contributed by atoms with Crippen molar-refractivity contribution in [2.45, 2.75) is 12.5 Å². The van der Waals surface area contributed by atoms with Gasteiger partial charge in [0.05, 0.1) is 20.6 Å². The van der Waals surface area contributed by atoms with Gasteiger partial charge in [-0.1, -0.05) is 6.07 Å². The molecule has 0 saturated carbocycles. The fourth-order valence-electron chi connectivity index (χ4n) is 1.56. The Hall–Kier alpha value is -2.91. The zero-order valence-electron chi connectivity index (χ0n) is 12.9. The van der Waals surface area contributed by atoms with Gasteiger partial charge in [0.2, 0.25) is 5.75 Å². The molecule has 0 spiro atoms. The molecule has 24 heavy (non-hydrogen) atoms. The van der Waals surface area contributed by atoms with Gasteiger partial charge in [-0.3, -0.25) is 4.79 Å². The Morgan fingerprint density at radius 2 is 1.92 bits per heavy atom. The molecule has 0 amide bonds. The highest BCUT2D eigenvalue weighted by atomic mass is 17.2. The average Bonchev–Trinajstić information content (AvgIpc) is 2.53. The molecule has 1 rings (SSSR count). The molecule has 9 nitrogen and oxygen atoms in total. The van der Waals surface area contributed by atoms with Crippen LogP contribution in [0.3, 0.4) is 0 Å². The largest absolute Gasteiger partial charge is 0.493 e. The van der Waals surface area contributed by atoms with E-state index in [2.05, 4.69) is 9.62 Å². The second-order valence-electron chi connectivity index (χ2n) is 4.35. The molecule has 0 saturated heterocycles. The SMILES string of the molecule is COOc1ccc(C=CC(=O)OC(=O)C(O)CC(=O)O)cc1OC. The summed E-state index contributed by atoms with van der Waals surface area (Å²) in [5.74, 6) is -3.12. The quantitative estimate of drug-likeness (QED) is 0.229. The first-order valence-corrected chi connectivity index (χ1v) is 6.59. The minimum absolute atomic E-state index is 0.326. The number of ether oxygens (including phenoxy) is 2. The van der Waals surface area contributed by atoms with Crippen LogP contribution in [0.5, 0.6) is 11.5 Å². The van der Waals surface area contributed by atoms with Gasteiger partial charge in [0.15, 0.2) is 11.9 Å². The maximum absolute atomic E-state index is 11.5. The van der Waals surface area contributed by atoms with Crippen molar-refractivity contribution in [1.29, 1.82) is 0 Å². The highest BCUT2D eigenvalue weighted by Crippen LogP contribution is 2.28. The summed E-state index contributed by atoms with van der Waals surface area (Å²) >= 11 is 0. The zero-order valence-corrected chi connectivity index (χ0v) is 12.9. The highest BCUT2D eigenvalue weighted by Gasteiger charge is 2.22. The summed E-state index contributed by atoms with van der Waals surface area (Å²) in [6, 6.07) is 4.66. The molecule has 1 atom stereocenters. The maximum Gasteiger partial charge on any atom is 0.343 e. The number of carbonyl (C=O) groups excluding carboxylic acids is 2. The van der Waals surface area contributed by atoms with Crippen LogP contribution in [0.4, 0.5) is 0 Å². The van der Waals surface area contributed by atoms with Crippen molar-refractivity contribution in [2.75, 3.05) is 14.2 Å². The van der Waals surface area contributed by atoms with Gasteiger partial charge in [-0.25, -0.2) is 9.59 Å². The van der Waals surface area contributed by atoms with Gasteiger partial charge in [0.1, 0.15) is 0 Å². The molecule has 9 heteroatoms. The molecule has 0 heterocycles. The van der Waals surface area contributed by atoms with E-state index >= 15 is 0 Å². The maximum atomic E-state index is 11.5. The van der Waals surface area contributed by atoms with E-state index in [1.165, 1.54) is 26.4 Å². The van der Waals surface area contributed by atoms with E-state index in [0.29, 0.717) is 17.1 Å². The number of aliphatic carboxylic acids is 1. The van der Waals surface area contributed by atoms with Crippen molar-refractivity contribution in [3.05, 3.63) is 29.8 Å². The van der Waals surface area contributed by atoms with Gasteiger partial charge in [-0.2, -0.15) is 4.89 Å². The predicted molar refractivity (Wildman–Crippen MR) is 79.0 cm³/mol. The molecule has 2 N–H and O–H groups in total. The Balaban J connectivity index is 2.69. The van der Waals surface area contributed by atoms with Crippen molar-refractivity contribution in [2.24, 2.45) is 0 Å². The third kappa shape index (κ3) is 6.07. The summed E-state index contributed by atoms with van der Waals surface area (Å²) in [7, 11) is 2.75. The summed E-state index contributed by atoms with van der Waals surface area (Å²) in [6.45, 7) is 0. The first kappa shape index (κ1) is 19.1. The molecule has 0 bridgehead atoms. The second kappa shape index (κ2) is 9.28. The van der Waals surface area contributed by atoms with Crippen LogP contribution in [0.25, 0.3) is 6.08 Å². The molecule has 0 aromatic heterocycles. The van der Waals surface area contributed by atoms with Crippen LogP contribution in [-0.4, -0.2) is 48.4 Å². The topological polar surface area (TPSA) is 129 Å². The van der Waals surface area contributed by atoms with E-state index in [1.54, 1.807) is 12.1 Å². The Morgan fingerprint density at radius 1 is 1.21 bits per heavy atom. The molecule has 1 unspecified atom stereocenters. The standard InChI is InChI=1S/C15H16O9/c1-21-12-7-9(3-5-11(12)24-22-2)4-6-14(19)23-15(20)10(16)8-13(17)18/h3-7,10,16H,8H2,1-2H3,(H,17,18). The van der Waals surface area contributed by atoms with Crippen LogP contribution in [-0.2, 0) is 24.0 Å². The number of rotatable bonds is 8. The lowest BCUT2D eigenvalue weighted by atomic mass is 10.2. The van der Waals surface area contributed by atoms with E-state index in [1.807, 2.05) is 0 Å². The van der Waals surface area contributed by atoms with Crippen LogP contribution in [0.15, 0.2) is 24.3 Å². The fourth-order valence-corrected chi connectivity index (χ4v) is 1.56. The number of aliphatic hydroxyl groups is 1. The first-order chi connectivity index (χ1) is 11.4. The molecule has 0 fully saturated rings. The van der Waals surface area contributed by atoms with Crippen molar-refractivity contribution in [1.82, 2.24) is 0 Å². The van der Waals surface area contributed by atoms with Crippen LogP contribution < -0.4 is 9.62 Å². The number of hydrogen-bond donors (Lipinski definition) is 2. The number of carboxylic acid groups (broad SMARTS) is 1. The van der Waals surface area contributed by atoms with Gasteiger partial charge in [0.25, 0.3) is 0 Å². The molecule has 1 aromatic carbocycles. The van der Waals surface area contributed by atoms with Crippen LogP contribution in [0.2, 0.25) is 0 Å². The van der Waals surface area contributed by atoms with Gasteiger partial charge in [0, 0.05) is 6.08 Å². The number of carboxylic acids is 1. The smallest absolute Gasteiger partial charge is 0.343 e. The van der Waals surface area contributed by atoms with E-state index < -0.39 is 30.4 Å². The first-order valence-electron chi connectivity index (χ1n) is 6.59. The van der Waals surface area contributed by atoms with Gasteiger partial charge in [-0.05, 0) is 23.8 Å². The number of methoxy groups -OCH3 is 1. The normalized spacial score (nSPS) is 11.8.